The number of fused-ring (bicyclic) bond motifs is 1. The monoisotopic (exact) mass is 332 g/mol. The summed E-state index contributed by atoms with van der Waals surface area (Å²) < 4.78 is 51.6. The highest BCUT2D eigenvalue weighted by molar-refractivity contribution is 7.84. The van der Waals surface area contributed by atoms with Crippen LogP contribution in [0.1, 0.15) is 5.56 Å². The summed E-state index contributed by atoms with van der Waals surface area (Å²) in [4.78, 5) is 4.14. The summed E-state index contributed by atoms with van der Waals surface area (Å²) in [5, 5.41) is 7.95. The van der Waals surface area contributed by atoms with Gasteiger partial charge in [0.2, 0.25) is 5.16 Å². The van der Waals surface area contributed by atoms with E-state index in [4.69, 9.17) is 0 Å². The first-order valence-electron chi connectivity index (χ1n) is 5.58. The molecule has 0 bridgehead atoms. The van der Waals surface area contributed by atoms with Gasteiger partial charge in [-0.3, -0.25) is 4.21 Å². The summed E-state index contributed by atoms with van der Waals surface area (Å²) in [5.41, 5.74) is -0.527. The van der Waals surface area contributed by atoms with Gasteiger partial charge in [-0.25, -0.2) is 9.55 Å². The number of halogens is 3. The molecular formula is C11H7F3N4OS2. The minimum absolute atomic E-state index is 0.199. The summed E-state index contributed by atoms with van der Waals surface area (Å²) in [6.07, 6.45) is -1.64. The third-order valence-electron chi connectivity index (χ3n) is 2.68. The predicted octanol–water partition coefficient (Wildman–Crippen LogP) is 2.63. The summed E-state index contributed by atoms with van der Waals surface area (Å²) in [7, 11) is -1.37. The number of nitrogens with zero attached hydrogens (tertiary/aromatic N) is 4. The van der Waals surface area contributed by atoms with Crippen molar-refractivity contribution in [1.29, 1.82) is 0 Å². The Morgan fingerprint density at radius 3 is 2.76 bits per heavy atom. The Morgan fingerprint density at radius 2 is 2.10 bits per heavy atom. The zero-order valence-electron chi connectivity index (χ0n) is 10.5. The van der Waals surface area contributed by atoms with Crippen molar-refractivity contribution in [3.63, 3.8) is 0 Å². The smallest absolute Gasteiger partial charge is 0.251 e. The van der Waals surface area contributed by atoms with Crippen LogP contribution in [0.2, 0.25) is 0 Å². The molecule has 0 spiro atoms. The van der Waals surface area contributed by atoms with Gasteiger partial charge in [0.05, 0.1) is 26.6 Å². The molecule has 0 saturated heterocycles. The maximum Gasteiger partial charge on any atom is 0.416 e. The second-order valence-corrected chi connectivity index (χ2v) is 6.40. The van der Waals surface area contributed by atoms with Crippen LogP contribution in [0.25, 0.3) is 15.3 Å². The Bertz CT molecular complexity index is 839. The first kappa shape index (κ1) is 14.1. The number of hydrogen-bond donors (Lipinski definition) is 0. The SMILES string of the molecule is CS(=O)c1nncn1-c1nc2cc(C(F)(F)F)ccc2s1. The molecule has 110 valence electrons. The van der Waals surface area contributed by atoms with Gasteiger partial charge >= 0.3 is 6.18 Å². The molecule has 0 amide bonds. The second kappa shape index (κ2) is 4.88. The van der Waals surface area contributed by atoms with Gasteiger partial charge in [-0.1, -0.05) is 11.3 Å². The first-order valence-corrected chi connectivity index (χ1v) is 7.95. The van der Waals surface area contributed by atoms with E-state index in [1.165, 1.54) is 34.6 Å². The number of thiazole rings is 1. The Kier molecular flexibility index (Phi) is 3.29. The van der Waals surface area contributed by atoms with E-state index in [1.807, 2.05) is 0 Å². The molecule has 0 saturated carbocycles. The quantitative estimate of drug-likeness (QED) is 0.724. The molecule has 2 aromatic heterocycles. The summed E-state index contributed by atoms with van der Waals surface area (Å²) >= 11 is 1.18. The zero-order chi connectivity index (χ0) is 15.2. The Morgan fingerprint density at radius 1 is 1.33 bits per heavy atom. The van der Waals surface area contributed by atoms with E-state index in [9.17, 15) is 17.4 Å². The predicted molar refractivity (Wildman–Crippen MR) is 71.9 cm³/mol. The fourth-order valence-electron chi connectivity index (χ4n) is 1.75. The Labute approximate surface area is 122 Å². The van der Waals surface area contributed by atoms with Gasteiger partial charge in [-0.05, 0) is 18.2 Å². The van der Waals surface area contributed by atoms with Gasteiger partial charge in [-0.15, -0.1) is 10.2 Å². The van der Waals surface area contributed by atoms with Crippen LogP contribution in [-0.2, 0) is 17.0 Å². The van der Waals surface area contributed by atoms with Crippen LogP contribution in [0.5, 0.6) is 0 Å². The van der Waals surface area contributed by atoms with Crippen molar-refractivity contribution in [2.24, 2.45) is 0 Å². The van der Waals surface area contributed by atoms with Crippen molar-refractivity contribution >= 4 is 32.4 Å². The molecule has 21 heavy (non-hydrogen) atoms. The van der Waals surface area contributed by atoms with E-state index in [0.717, 1.165) is 12.1 Å². The van der Waals surface area contributed by atoms with Crippen molar-refractivity contribution in [2.75, 3.05) is 6.26 Å². The van der Waals surface area contributed by atoms with Crippen molar-refractivity contribution in [3.8, 4) is 5.13 Å². The molecule has 0 radical (unpaired) electrons. The van der Waals surface area contributed by atoms with Crippen molar-refractivity contribution in [3.05, 3.63) is 30.1 Å². The lowest BCUT2D eigenvalue weighted by Crippen LogP contribution is -2.04. The van der Waals surface area contributed by atoms with Gasteiger partial charge in [0.15, 0.2) is 5.13 Å². The van der Waals surface area contributed by atoms with Crippen LogP contribution in [0, 0.1) is 0 Å². The molecule has 0 N–H and O–H groups in total. The third-order valence-corrected chi connectivity index (χ3v) is 4.51. The minimum atomic E-state index is -4.41. The first-order chi connectivity index (χ1) is 9.86. The lowest BCUT2D eigenvalue weighted by Gasteiger charge is -2.04. The molecule has 0 aliphatic rings. The highest BCUT2D eigenvalue weighted by atomic mass is 32.2. The number of hydrogen-bond acceptors (Lipinski definition) is 5. The van der Waals surface area contributed by atoms with Crippen LogP contribution in [-0.4, -0.2) is 30.2 Å². The summed E-state index contributed by atoms with van der Waals surface area (Å²) in [6, 6.07) is 3.36. The summed E-state index contributed by atoms with van der Waals surface area (Å²) in [6.45, 7) is 0. The third kappa shape index (κ3) is 2.56. The van der Waals surface area contributed by atoms with Crippen molar-refractivity contribution in [2.45, 2.75) is 11.3 Å². The molecule has 0 fully saturated rings. The molecule has 2 heterocycles. The molecule has 0 aliphatic carbocycles. The summed E-state index contributed by atoms with van der Waals surface area (Å²) in [5.74, 6) is 0. The number of benzene rings is 1. The Balaban J connectivity index is 2.13. The number of rotatable bonds is 2. The lowest BCUT2D eigenvalue weighted by molar-refractivity contribution is -0.137. The molecule has 0 aliphatic heterocycles. The van der Waals surface area contributed by atoms with Crippen LogP contribution in [0.3, 0.4) is 0 Å². The van der Waals surface area contributed by atoms with E-state index >= 15 is 0 Å². The average Bonchev–Trinajstić information content (AvgIpc) is 3.02. The average molecular weight is 332 g/mol. The largest absolute Gasteiger partial charge is 0.416 e. The molecule has 1 unspecified atom stereocenters. The van der Waals surface area contributed by atoms with Gasteiger partial charge in [-0.2, -0.15) is 13.2 Å². The second-order valence-electron chi connectivity index (χ2n) is 4.11. The van der Waals surface area contributed by atoms with E-state index in [0.29, 0.717) is 9.83 Å². The van der Waals surface area contributed by atoms with Gasteiger partial charge in [0.25, 0.3) is 0 Å². The van der Waals surface area contributed by atoms with Gasteiger partial charge in [0.1, 0.15) is 6.33 Å². The van der Waals surface area contributed by atoms with Gasteiger partial charge < -0.3 is 0 Å². The van der Waals surface area contributed by atoms with E-state index in [2.05, 4.69) is 15.2 Å². The van der Waals surface area contributed by atoms with Crippen LogP contribution in [0.4, 0.5) is 13.2 Å². The fraction of sp³-hybridized carbons (Fsp3) is 0.182. The molecule has 10 heteroatoms. The highest BCUT2D eigenvalue weighted by Gasteiger charge is 2.30. The van der Waals surface area contributed by atoms with Crippen molar-refractivity contribution < 1.29 is 17.4 Å². The Hall–Kier alpha value is -1.81. The fourth-order valence-corrected chi connectivity index (χ4v) is 3.29. The highest BCUT2D eigenvalue weighted by Crippen LogP contribution is 2.33. The number of aromatic nitrogens is 4. The molecule has 3 rings (SSSR count). The maximum atomic E-state index is 12.7. The van der Waals surface area contributed by atoms with Crippen LogP contribution in [0.15, 0.2) is 29.7 Å². The van der Waals surface area contributed by atoms with E-state index in [1.54, 1.807) is 0 Å². The molecule has 1 aromatic carbocycles. The van der Waals surface area contributed by atoms with Crippen LogP contribution >= 0.6 is 11.3 Å². The molecule has 5 nitrogen and oxygen atoms in total. The van der Waals surface area contributed by atoms with Gasteiger partial charge in [0, 0.05) is 6.26 Å². The minimum Gasteiger partial charge on any atom is -0.251 e. The molecular weight excluding hydrogens is 325 g/mol. The number of alkyl halides is 3. The van der Waals surface area contributed by atoms with Crippen LogP contribution < -0.4 is 0 Å². The zero-order valence-corrected chi connectivity index (χ0v) is 12.1. The normalized spacial score (nSPS) is 13.7. The maximum absolute atomic E-state index is 12.7. The van der Waals surface area contributed by atoms with E-state index in [-0.39, 0.29) is 10.7 Å². The lowest BCUT2D eigenvalue weighted by atomic mass is 10.2. The molecule has 1 atom stereocenters. The molecule has 3 aromatic rings. The standard InChI is InChI=1S/C11H7F3N4OS2/c1-21(19)10-17-15-5-18(10)9-16-7-4-6(11(12,13)14)2-3-8(7)20-9/h2-5H,1H3. The topological polar surface area (TPSA) is 60.7 Å². The van der Waals surface area contributed by atoms with E-state index < -0.39 is 22.5 Å². The van der Waals surface area contributed by atoms with Crippen molar-refractivity contribution in [1.82, 2.24) is 19.7 Å².